The van der Waals surface area contributed by atoms with Crippen molar-refractivity contribution in [1.29, 1.82) is 0 Å². The predicted molar refractivity (Wildman–Crippen MR) is 136 cm³/mol. The number of ether oxygens (including phenoxy) is 4. The quantitative estimate of drug-likeness (QED) is 0.268. The molecule has 1 N–H and O–H groups in total. The van der Waals surface area contributed by atoms with Gasteiger partial charge >= 0.3 is 12.4 Å². The Kier molecular flexibility index (Phi) is 9.53. The van der Waals surface area contributed by atoms with Crippen molar-refractivity contribution < 1.29 is 36.9 Å². The van der Waals surface area contributed by atoms with E-state index in [-0.39, 0.29) is 48.0 Å². The Morgan fingerprint density at radius 3 is 2.66 bits per heavy atom. The Balaban J connectivity index is 1.53. The van der Waals surface area contributed by atoms with Crippen molar-refractivity contribution in [3.05, 3.63) is 69.4 Å². The zero-order valence-corrected chi connectivity index (χ0v) is 22.3. The molecule has 1 aliphatic heterocycles. The van der Waals surface area contributed by atoms with Crippen molar-refractivity contribution in [3.63, 3.8) is 0 Å². The second-order valence-corrected chi connectivity index (χ2v) is 9.48. The number of amides is 1. The lowest BCUT2D eigenvalue weighted by atomic mass is 10.2. The standard InChI is InChI=1S/C25H24BrClF3N3O5/c26-22-21(23(34)31-11-13-36-20-6-1-2-12-35-20)33(15-16-7-9-17(27)10-8-16)24(32-22)37-18-4-3-5-19(14-18)38-25(28,29)30/h3-5,7-10,14,20H,1-2,6,11-13,15H2,(H,31,34). The fraction of sp³-hybridized carbons (Fsp3) is 0.360. The molecule has 0 bridgehead atoms. The smallest absolute Gasteiger partial charge is 0.425 e. The van der Waals surface area contributed by atoms with E-state index < -0.39 is 18.0 Å². The van der Waals surface area contributed by atoms with Crippen molar-refractivity contribution in [1.82, 2.24) is 14.9 Å². The number of nitrogens with zero attached hydrogens (tertiary/aromatic N) is 2. The number of aromatic nitrogens is 2. The summed E-state index contributed by atoms with van der Waals surface area (Å²) in [5, 5.41) is 3.33. The maximum Gasteiger partial charge on any atom is 0.573 e. The van der Waals surface area contributed by atoms with Gasteiger partial charge in [0.25, 0.3) is 5.91 Å². The zero-order valence-electron chi connectivity index (χ0n) is 20.0. The number of carbonyl (C=O) groups is 1. The molecule has 0 radical (unpaired) electrons. The normalized spacial score (nSPS) is 15.8. The van der Waals surface area contributed by atoms with Crippen LogP contribution in [0.3, 0.4) is 0 Å². The van der Waals surface area contributed by atoms with E-state index in [9.17, 15) is 18.0 Å². The third kappa shape index (κ3) is 8.10. The van der Waals surface area contributed by atoms with Crippen LogP contribution in [0.4, 0.5) is 13.2 Å². The first-order chi connectivity index (χ1) is 18.2. The fourth-order valence-corrected chi connectivity index (χ4v) is 4.41. The minimum absolute atomic E-state index is 0.0204. The maximum absolute atomic E-state index is 13.1. The highest BCUT2D eigenvalue weighted by molar-refractivity contribution is 9.10. The Hall–Kier alpha value is -2.80. The maximum atomic E-state index is 13.1. The molecule has 0 saturated carbocycles. The summed E-state index contributed by atoms with van der Waals surface area (Å²) in [6, 6.07) is 12.0. The lowest BCUT2D eigenvalue weighted by Gasteiger charge is -2.22. The molecule has 2 aromatic carbocycles. The van der Waals surface area contributed by atoms with Crippen LogP contribution in [-0.2, 0) is 16.0 Å². The van der Waals surface area contributed by atoms with Gasteiger partial charge in [-0.2, -0.15) is 4.98 Å². The van der Waals surface area contributed by atoms with E-state index in [0.29, 0.717) is 11.6 Å². The molecule has 0 spiro atoms. The van der Waals surface area contributed by atoms with E-state index in [1.54, 1.807) is 24.3 Å². The lowest BCUT2D eigenvalue weighted by molar-refractivity contribution is -0.274. The summed E-state index contributed by atoms with van der Waals surface area (Å²) in [5.74, 6) is -0.866. The number of halogens is 5. The van der Waals surface area contributed by atoms with Gasteiger partial charge in [-0.1, -0.05) is 29.8 Å². The number of alkyl halides is 3. The molecule has 1 aliphatic rings. The summed E-state index contributed by atoms with van der Waals surface area (Å²) in [6.45, 7) is 1.31. The molecule has 1 unspecified atom stereocenters. The topological polar surface area (TPSA) is 83.8 Å². The summed E-state index contributed by atoms with van der Waals surface area (Å²) in [7, 11) is 0. The van der Waals surface area contributed by atoms with Crippen LogP contribution < -0.4 is 14.8 Å². The number of imidazole rings is 1. The summed E-state index contributed by atoms with van der Waals surface area (Å²) >= 11 is 9.31. The molecule has 1 atom stereocenters. The average molecular weight is 619 g/mol. The van der Waals surface area contributed by atoms with E-state index in [1.807, 2.05) is 0 Å². The lowest BCUT2D eigenvalue weighted by Crippen LogP contribution is -2.32. The highest BCUT2D eigenvalue weighted by atomic mass is 79.9. The van der Waals surface area contributed by atoms with Gasteiger partial charge in [-0.05, 0) is 65.0 Å². The summed E-state index contributed by atoms with van der Waals surface area (Å²) in [6.07, 6.45) is -2.29. The van der Waals surface area contributed by atoms with Crippen LogP contribution in [0, 0.1) is 0 Å². The van der Waals surface area contributed by atoms with Crippen LogP contribution in [0.2, 0.25) is 5.02 Å². The molecular formula is C25H24BrClF3N3O5. The van der Waals surface area contributed by atoms with E-state index in [0.717, 1.165) is 37.0 Å². The number of benzene rings is 2. The van der Waals surface area contributed by atoms with Crippen LogP contribution in [0.15, 0.2) is 53.1 Å². The van der Waals surface area contributed by atoms with Gasteiger partial charge in [-0.3, -0.25) is 9.36 Å². The van der Waals surface area contributed by atoms with Crippen molar-refractivity contribution in [3.8, 4) is 17.5 Å². The molecule has 204 valence electrons. The van der Waals surface area contributed by atoms with Gasteiger partial charge in [0, 0.05) is 24.2 Å². The van der Waals surface area contributed by atoms with E-state index >= 15 is 0 Å². The molecule has 4 rings (SSSR count). The molecule has 1 aromatic heterocycles. The second kappa shape index (κ2) is 12.8. The highest BCUT2D eigenvalue weighted by Gasteiger charge is 2.31. The third-order valence-electron chi connectivity index (χ3n) is 5.44. The van der Waals surface area contributed by atoms with Crippen molar-refractivity contribution in [2.75, 3.05) is 19.8 Å². The Bertz CT molecular complexity index is 1230. The Labute approximate surface area is 230 Å². The molecule has 38 heavy (non-hydrogen) atoms. The molecule has 1 saturated heterocycles. The van der Waals surface area contributed by atoms with Crippen LogP contribution in [0.1, 0.15) is 35.3 Å². The molecule has 0 aliphatic carbocycles. The van der Waals surface area contributed by atoms with Crippen LogP contribution in [0.25, 0.3) is 0 Å². The molecule has 1 fully saturated rings. The molecule has 13 heteroatoms. The van der Waals surface area contributed by atoms with E-state index in [1.165, 1.54) is 16.7 Å². The molecule has 3 aromatic rings. The van der Waals surface area contributed by atoms with Gasteiger partial charge in [-0.15, -0.1) is 13.2 Å². The van der Waals surface area contributed by atoms with Crippen molar-refractivity contribution in [2.24, 2.45) is 0 Å². The summed E-state index contributed by atoms with van der Waals surface area (Å²) in [5.41, 5.74) is 0.941. The van der Waals surface area contributed by atoms with E-state index in [2.05, 4.69) is 31.0 Å². The first-order valence-corrected chi connectivity index (χ1v) is 12.9. The van der Waals surface area contributed by atoms with Crippen molar-refractivity contribution in [2.45, 2.75) is 38.5 Å². The number of rotatable bonds is 10. The van der Waals surface area contributed by atoms with Crippen LogP contribution in [-0.4, -0.2) is 47.9 Å². The molecular weight excluding hydrogens is 595 g/mol. The number of carbonyl (C=O) groups excluding carboxylic acids is 1. The number of nitrogens with one attached hydrogen (secondary N) is 1. The number of hydrogen-bond donors (Lipinski definition) is 1. The predicted octanol–water partition coefficient (Wildman–Crippen LogP) is 6.31. The zero-order chi connectivity index (χ0) is 27.1. The minimum Gasteiger partial charge on any atom is -0.425 e. The Morgan fingerprint density at radius 2 is 1.95 bits per heavy atom. The van der Waals surface area contributed by atoms with Gasteiger partial charge < -0.3 is 24.3 Å². The first kappa shape index (κ1) is 28.2. The van der Waals surface area contributed by atoms with E-state index in [4.69, 9.17) is 25.8 Å². The monoisotopic (exact) mass is 617 g/mol. The van der Waals surface area contributed by atoms with Gasteiger partial charge in [0.15, 0.2) is 6.29 Å². The molecule has 8 nitrogen and oxygen atoms in total. The highest BCUT2D eigenvalue weighted by Crippen LogP contribution is 2.31. The van der Waals surface area contributed by atoms with Crippen LogP contribution >= 0.6 is 27.5 Å². The summed E-state index contributed by atoms with van der Waals surface area (Å²) in [4.78, 5) is 17.5. The SMILES string of the molecule is O=C(NCCOC1CCCCO1)c1c(Br)nc(Oc2cccc(OC(F)(F)F)c2)n1Cc1ccc(Cl)cc1. The van der Waals surface area contributed by atoms with Crippen LogP contribution in [0.5, 0.6) is 17.5 Å². The minimum atomic E-state index is -4.85. The first-order valence-electron chi connectivity index (χ1n) is 11.7. The largest absolute Gasteiger partial charge is 0.573 e. The second-order valence-electron chi connectivity index (χ2n) is 8.29. The molecule has 2 heterocycles. The van der Waals surface area contributed by atoms with Crippen molar-refractivity contribution >= 4 is 33.4 Å². The van der Waals surface area contributed by atoms with Gasteiger partial charge in [0.2, 0.25) is 0 Å². The third-order valence-corrected chi connectivity index (χ3v) is 6.24. The summed E-state index contributed by atoms with van der Waals surface area (Å²) < 4.78 is 60.6. The number of hydrogen-bond acceptors (Lipinski definition) is 6. The molecule has 1 amide bonds. The van der Waals surface area contributed by atoms with Gasteiger partial charge in [-0.25, -0.2) is 0 Å². The Morgan fingerprint density at radius 1 is 1.18 bits per heavy atom. The van der Waals surface area contributed by atoms with Gasteiger partial charge in [0.05, 0.1) is 13.2 Å². The van der Waals surface area contributed by atoms with Gasteiger partial charge in [0.1, 0.15) is 21.8 Å². The fourth-order valence-electron chi connectivity index (χ4n) is 3.74. The average Bonchev–Trinajstić information content (AvgIpc) is 3.17.